The highest BCUT2D eigenvalue weighted by Gasteiger charge is 2.11. The number of halogens is 1. The van der Waals surface area contributed by atoms with Crippen molar-refractivity contribution in [2.24, 2.45) is 0 Å². The van der Waals surface area contributed by atoms with Crippen molar-refractivity contribution in [1.29, 1.82) is 0 Å². The van der Waals surface area contributed by atoms with Gasteiger partial charge in [0.15, 0.2) is 0 Å². The number of hydrogen-bond acceptors (Lipinski definition) is 3. The van der Waals surface area contributed by atoms with Crippen molar-refractivity contribution in [3.8, 4) is 0 Å². The molecule has 2 rings (SSSR count). The lowest BCUT2D eigenvalue weighted by molar-refractivity contribution is -0.114. The van der Waals surface area contributed by atoms with Gasteiger partial charge in [0, 0.05) is 29.7 Å². The molecule has 0 fully saturated rings. The van der Waals surface area contributed by atoms with E-state index in [1.54, 1.807) is 30.3 Å². The van der Waals surface area contributed by atoms with Gasteiger partial charge in [-0.2, -0.15) is 0 Å². The molecule has 0 atom stereocenters. The minimum Gasteiger partial charge on any atom is -0.354 e. The Morgan fingerprint density at radius 2 is 1.88 bits per heavy atom. The van der Waals surface area contributed by atoms with Crippen molar-refractivity contribution in [2.45, 2.75) is 20.3 Å². The maximum absolute atomic E-state index is 12.1. The van der Waals surface area contributed by atoms with Gasteiger partial charge in [0.25, 0.3) is 5.91 Å². The van der Waals surface area contributed by atoms with Gasteiger partial charge >= 0.3 is 0 Å². The van der Waals surface area contributed by atoms with E-state index in [9.17, 15) is 9.59 Å². The van der Waals surface area contributed by atoms with Crippen LogP contribution in [0.2, 0.25) is 5.02 Å². The minimum atomic E-state index is -0.213. The fourth-order valence-corrected chi connectivity index (χ4v) is 2.34. The zero-order chi connectivity index (χ0) is 17.5. The maximum Gasteiger partial charge on any atom is 0.251 e. The van der Waals surface area contributed by atoms with Gasteiger partial charge in [-0.3, -0.25) is 9.59 Å². The monoisotopic (exact) mass is 345 g/mol. The summed E-state index contributed by atoms with van der Waals surface area (Å²) in [6, 6.07) is 12.4. The first-order chi connectivity index (χ1) is 11.5. The topological polar surface area (TPSA) is 70.2 Å². The van der Waals surface area contributed by atoms with Crippen molar-refractivity contribution in [2.75, 3.05) is 17.2 Å². The Hall–Kier alpha value is -2.53. The first-order valence-corrected chi connectivity index (χ1v) is 8.10. The molecule has 126 valence electrons. The average molecular weight is 346 g/mol. The molecule has 0 heterocycles. The summed E-state index contributed by atoms with van der Waals surface area (Å²) in [4.78, 5) is 23.6. The van der Waals surface area contributed by atoms with Crippen LogP contribution in [-0.2, 0) is 4.79 Å². The van der Waals surface area contributed by atoms with Crippen LogP contribution in [0.15, 0.2) is 42.5 Å². The molecule has 6 heteroatoms. The number of anilines is 3. The smallest absolute Gasteiger partial charge is 0.251 e. The van der Waals surface area contributed by atoms with E-state index >= 15 is 0 Å². The Kier molecular flexibility index (Phi) is 6.21. The Balaban J connectivity index is 2.29. The van der Waals surface area contributed by atoms with Crippen LogP contribution in [0.5, 0.6) is 0 Å². The second kappa shape index (κ2) is 8.36. The highest BCUT2D eigenvalue weighted by Crippen LogP contribution is 2.28. The van der Waals surface area contributed by atoms with Gasteiger partial charge in [0.1, 0.15) is 0 Å². The van der Waals surface area contributed by atoms with E-state index in [2.05, 4.69) is 16.0 Å². The number of carbonyl (C=O) groups excluding carboxylic acids is 2. The molecular weight excluding hydrogens is 326 g/mol. The molecule has 0 aromatic heterocycles. The third kappa shape index (κ3) is 4.99. The molecule has 0 spiro atoms. The van der Waals surface area contributed by atoms with Crippen LogP contribution in [0.1, 0.15) is 30.6 Å². The lowest BCUT2D eigenvalue weighted by Crippen LogP contribution is -2.24. The summed E-state index contributed by atoms with van der Waals surface area (Å²) in [6.45, 7) is 4.02. The van der Waals surface area contributed by atoms with Crippen LogP contribution in [-0.4, -0.2) is 18.4 Å². The predicted molar refractivity (Wildman–Crippen MR) is 98.1 cm³/mol. The second-order valence-corrected chi connectivity index (χ2v) is 5.77. The van der Waals surface area contributed by atoms with Gasteiger partial charge in [0.05, 0.1) is 11.4 Å². The normalized spacial score (nSPS) is 10.1. The zero-order valence-corrected chi connectivity index (χ0v) is 14.4. The summed E-state index contributed by atoms with van der Waals surface area (Å²) < 4.78 is 0. The van der Waals surface area contributed by atoms with Crippen LogP contribution in [0, 0.1) is 0 Å². The molecule has 0 radical (unpaired) electrons. The molecule has 3 N–H and O–H groups in total. The molecule has 0 unspecified atom stereocenters. The standard InChI is InChI=1S/C18H20ClN3O2/c1-3-9-20-18(24)13-7-8-16(17(10-13)21-12(2)23)22-15-6-4-5-14(19)11-15/h4-8,10-11,22H,3,9H2,1-2H3,(H,20,24)(H,21,23). The minimum absolute atomic E-state index is 0.169. The van der Waals surface area contributed by atoms with E-state index < -0.39 is 0 Å². The Labute approximate surface area is 146 Å². The number of rotatable bonds is 6. The summed E-state index contributed by atoms with van der Waals surface area (Å²) >= 11 is 5.99. The summed E-state index contributed by atoms with van der Waals surface area (Å²) in [5.74, 6) is -0.381. The SMILES string of the molecule is CCCNC(=O)c1ccc(Nc2cccc(Cl)c2)c(NC(C)=O)c1. The molecule has 0 aliphatic heterocycles. The van der Waals surface area contributed by atoms with Crippen molar-refractivity contribution in [3.05, 3.63) is 53.1 Å². The molecule has 5 nitrogen and oxygen atoms in total. The third-order valence-corrected chi connectivity index (χ3v) is 3.47. The van der Waals surface area contributed by atoms with Gasteiger partial charge in [-0.25, -0.2) is 0 Å². The fourth-order valence-electron chi connectivity index (χ4n) is 2.15. The van der Waals surface area contributed by atoms with E-state index in [1.165, 1.54) is 6.92 Å². The largest absolute Gasteiger partial charge is 0.354 e. The highest BCUT2D eigenvalue weighted by atomic mass is 35.5. The molecule has 2 amide bonds. The molecule has 0 aliphatic carbocycles. The summed E-state index contributed by atoms with van der Waals surface area (Å²) in [5, 5.41) is 9.37. The van der Waals surface area contributed by atoms with Gasteiger partial charge in [-0.15, -0.1) is 0 Å². The maximum atomic E-state index is 12.1. The third-order valence-electron chi connectivity index (χ3n) is 3.23. The number of hydrogen-bond donors (Lipinski definition) is 3. The molecular formula is C18H20ClN3O2. The van der Waals surface area contributed by atoms with Crippen molar-refractivity contribution >= 4 is 40.5 Å². The van der Waals surface area contributed by atoms with E-state index in [4.69, 9.17) is 11.6 Å². The van der Waals surface area contributed by atoms with Gasteiger partial charge < -0.3 is 16.0 Å². The zero-order valence-electron chi connectivity index (χ0n) is 13.7. The Morgan fingerprint density at radius 3 is 2.54 bits per heavy atom. The molecule has 0 aliphatic rings. The van der Waals surface area contributed by atoms with Crippen LogP contribution < -0.4 is 16.0 Å². The summed E-state index contributed by atoms with van der Waals surface area (Å²) in [6.07, 6.45) is 0.860. The Bertz CT molecular complexity index is 747. The lowest BCUT2D eigenvalue weighted by atomic mass is 10.1. The molecule has 2 aromatic carbocycles. The molecule has 0 bridgehead atoms. The highest BCUT2D eigenvalue weighted by molar-refractivity contribution is 6.30. The fraction of sp³-hybridized carbons (Fsp3) is 0.222. The van der Waals surface area contributed by atoms with Crippen molar-refractivity contribution in [3.63, 3.8) is 0 Å². The quantitative estimate of drug-likeness (QED) is 0.735. The van der Waals surface area contributed by atoms with E-state index in [-0.39, 0.29) is 11.8 Å². The summed E-state index contributed by atoms with van der Waals surface area (Å²) in [7, 11) is 0. The average Bonchev–Trinajstić information content (AvgIpc) is 2.53. The predicted octanol–water partition coefficient (Wildman–Crippen LogP) is 4.18. The number of benzene rings is 2. The van der Waals surface area contributed by atoms with E-state index in [1.807, 2.05) is 19.1 Å². The number of amides is 2. The molecule has 0 saturated carbocycles. The molecule has 24 heavy (non-hydrogen) atoms. The van der Waals surface area contributed by atoms with Crippen LogP contribution >= 0.6 is 11.6 Å². The lowest BCUT2D eigenvalue weighted by Gasteiger charge is -2.14. The van der Waals surface area contributed by atoms with E-state index in [0.717, 1.165) is 12.1 Å². The van der Waals surface area contributed by atoms with Gasteiger partial charge in [-0.1, -0.05) is 24.6 Å². The van der Waals surface area contributed by atoms with Crippen molar-refractivity contribution < 1.29 is 9.59 Å². The first-order valence-electron chi connectivity index (χ1n) is 7.72. The second-order valence-electron chi connectivity index (χ2n) is 5.33. The number of nitrogens with one attached hydrogen (secondary N) is 3. The summed E-state index contributed by atoms with van der Waals surface area (Å²) in [5.41, 5.74) is 2.49. The number of carbonyl (C=O) groups is 2. The Morgan fingerprint density at radius 1 is 1.08 bits per heavy atom. The van der Waals surface area contributed by atoms with Crippen LogP contribution in [0.4, 0.5) is 17.1 Å². The van der Waals surface area contributed by atoms with E-state index in [0.29, 0.717) is 28.5 Å². The molecule has 2 aromatic rings. The van der Waals surface area contributed by atoms with Gasteiger partial charge in [-0.05, 0) is 42.8 Å². The van der Waals surface area contributed by atoms with Crippen LogP contribution in [0.3, 0.4) is 0 Å². The van der Waals surface area contributed by atoms with Gasteiger partial charge in [0.2, 0.25) is 5.91 Å². The first kappa shape index (κ1) is 17.8. The molecule has 0 saturated heterocycles. The van der Waals surface area contributed by atoms with Crippen LogP contribution in [0.25, 0.3) is 0 Å². The van der Waals surface area contributed by atoms with Crippen molar-refractivity contribution in [1.82, 2.24) is 5.32 Å².